The standard InChI is InChI=1S/C27H16FN5O/c28-21-13-23-22(12-16(21)14-29)31-26(32-23)20-7-3-6-19-24(20)17-4-1-2-5-18(17)25(19)33-27(34)15-8-10-30-11-9-15/h1-13,25H,(H,31,32)(H,33,34). The van der Waals surface area contributed by atoms with Gasteiger partial charge in [-0.3, -0.25) is 9.78 Å². The lowest BCUT2D eigenvalue weighted by Gasteiger charge is -2.16. The Kier molecular flexibility index (Phi) is 4.46. The van der Waals surface area contributed by atoms with Crippen molar-refractivity contribution >= 4 is 16.9 Å². The van der Waals surface area contributed by atoms with Gasteiger partial charge in [0, 0.05) is 29.6 Å². The van der Waals surface area contributed by atoms with E-state index in [4.69, 9.17) is 5.26 Å². The van der Waals surface area contributed by atoms with E-state index < -0.39 is 5.82 Å². The maximum absolute atomic E-state index is 14.1. The molecule has 1 aliphatic carbocycles. The minimum absolute atomic E-state index is 0.0481. The Bertz CT molecular complexity index is 1630. The third-order valence-electron chi connectivity index (χ3n) is 6.11. The van der Waals surface area contributed by atoms with Crippen molar-refractivity contribution in [3.05, 3.63) is 107 Å². The predicted molar refractivity (Wildman–Crippen MR) is 125 cm³/mol. The highest BCUT2D eigenvalue weighted by Crippen LogP contribution is 2.47. The summed E-state index contributed by atoms with van der Waals surface area (Å²) in [5, 5.41) is 12.3. The zero-order valence-corrected chi connectivity index (χ0v) is 17.7. The second-order valence-corrected chi connectivity index (χ2v) is 8.05. The highest BCUT2D eigenvalue weighted by atomic mass is 19.1. The smallest absolute Gasteiger partial charge is 0.252 e. The van der Waals surface area contributed by atoms with E-state index >= 15 is 0 Å². The van der Waals surface area contributed by atoms with E-state index in [1.807, 2.05) is 48.5 Å². The number of benzene rings is 3. The molecule has 0 spiro atoms. The van der Waals surface area contributed by atoms with Crippen LogP contribution < -0.4 is 5.32 Å². The fourth-order valence-electron chi connectivity index (χ4n) is 4.57. The molecule has 7 heteroatoms. The molecular formula is C27H16FN5O. The summed E-state index contributed by atoms with van der Waals surface area (Å²) >= 11 is 0. The molecule has 2 aromatic heterocycles. The van der Waals surface area contributed by atoms with Crippen molar-refractivity contribution in [3.8, 4) is 28.6 Å². The highest BCUT2D eigenvalue weighted by molar-refractivity contribution is 5.97. The van der Waals surface area contributed by atoms with Crippen LogP contribution in [0.5, 0.6) is 0 Å². The van der Waals surface area contributed by atoms with E-state index in [0.717, 1.165) is 27.8 Å². The van der Waals surface area contributed by atoms with Crippen LogP contribution in [-0.4, -0.2) is 20.9 Å². The van der Waals surface area contributed by atoms with Gasteiger partial charge in [-0.05, 0) is 40.5 Å². The number of hydrogen-bond acceptors (Lipinski definition) is 4. The number of rotatable bonds is 3. The first-order chi connectivity index (χ1) is 16.6. The van der Waals surface area contributed by atoms with E-state index in [9.17, 15) is 9.18 Å². The van der Waals surface area contributed by atoms with E-state index in [-0.39, 0.29) is 17.5 Å². The second kappa shape index (κ2) is 7.64. The van der Waals surface area contributed by atoms with Crippen LogP contribution >= 0.6 is 0 Å². The molecule has 162 valence electrons. The molecule has 1 amide bonds. The molecule has 6 rings (SSSR count). The van der Waals surface area contributed by atoms with Crippen LogP contribution in [0.2, 0.25) is 0 Å². The first kappa shape index (κ1) is 19.8. The largest absolute Gasteiger partial charge is 0.341 e. The molecule has 0 bridgehead atoms. The number of carbonyl (C=O) groups excluding carboxylic acids is 1. The average molecular weight is 445 g/mol. The fraction of sp³-hybridized carbons (Fsp3) is 0.0370. The van der Waals surface area contributed by atoms with Gasteiger partial charge in [-0.25, -0.2) is 9.37 Å². The topological polar surface area (TPSA) is 94.5 Å². The zero-order valence-electron chi connectivity index (χ0n) is 17.7. The van der Waals surface area contributed by atoms with Gasteiger partial charge >= 0.3 is 0 Å². The van der Waals surface area contributed by atoms with Gasteiger partial charge in [0.25, 0.3) is 5.91 Å². The third-order valence-corrected chi connectivity index (χ3v) is 6.11. The number of pyridine rings is 1. The maximum Gasteiger partial charge on any atom is 0.252 e. The van der Waals surface area contributed by atoms with Gasteiger partial charge < -0.3 is 10.3 Å². The number of hydrogen-bond donors (Lipinski definition) is 2. The van der Waals surface area contributed by atoms with Crippen molar-refractivity contribution in [2.45, 2.75) is 6.04 Å². The quantitative estimate of drug-likeness (QED) is 0.402. The Labute approximate surface area is 193 Å². The molecule has 1 atom stereocenters. The van der Waals surface area contributed by atoms with E-state index in [1.54, 1.807) is 24.5 Å². The third kappa shape index (κ3) is 3.05. The van der Waals surface area contributed by atoms with Crippen molar-refractivity contribution < 1.29 is 9.18 Å². The van der Waals surface area contributed by atoms with Crippen LogP contribution in [0.4, 0.5) is 4.39 Å². The molecule has 2 N–H and O–H groups in total. The van der Waals surface area contributed by atoms with E-state index in [1.165, 1.54) is 12.1 Å². The number of amides is 1. The van der Waals surface area contributed by atoms with Gasteiger partial charge in [-0.15, -0.1) is 0 Å². The van der Waals surface area contributed by atoms with Crippen LogP contribution in [0.1, 0.15) is 33.1 Å². The Hall–Kier alpha value is -4.83. The summed E-state index contributed by atoms with van der Waals surface area (Å²) in [4.78, 5) is 24.8. The van der Waals surface area contributed by atoms with E-state index in [2.05, 4.69) is 20.3 Å². The molecule has 0 saturated carbocycles. The molecule has 2 heterocycles. The van der Waals surface area contributed by atoms with Crippen molar-refractivity contribution in [2.24, 2.45) is 0 Å². The van der Waals surface area contributed by atoms with Crippen molar-refractivity contribution in [3.63, 3.8) is 0 Å². The minimum Gasteiger partial charge on any atom is -0.341 e. The van der Waals surface area contributed by atoms with Gasteiger partial charge in [0.05, 0.1) is 22.6 Å². The molecule has 0 aliphatic heterocycles. The molecule has 6 nitrogen and oxygen atoms in total. The lowest BCUT2D eigenvalue weighted by Crippen LogP contribution is -2.28. The van der Waals surface area contributed by atoms with Crippen LogP contribution in [0, 0.1) is 17.1 Å². The highest BCUT2D eigenvalue weighted by Gasteiger charge is 2.32. The fourth-order valence-corrected chi connectivity index (χ4v) is 4.57. The summed E-state index contributed by atoms with van der Waals surface area (Å²) in [5.41, 5.74) is 6.23. The lowest BCUT2D eigenvalue weighted by atomic mass is 9.98. The van der Waals surface area contributed by atoms with Crippen LogP contribution in [0.25, 0.3) is 33.5 Å². The van der Waals surface area contributed by atoms with Gasteiger partial charge in [-0.1, -0.05) is 42.5 Å². The number of nitrogens with one attached hydrogen (secondary N) is 2. The Morgan fingerprint density at radius 1 is 1.00 bits per heavy atom. The normalized spacial score (nSPS) is 13.8. The average Bonchev–Trinajstić information content (AvgIpc) is 3.43. The number of nitrogens with zero attached hydrogens (tertiary/aromatic N) is 3. The molecule has 1 aliphatic rings. The number of aromatic amines is 1. The summed E-state index contributed by atoms with van der Waals surface area (Å²) in [7, 11) is 0. The predicted octanol–water partition coefficient (Wildman–Crippen LogP) is 5.14. The lowest BCUT2D eigenvalue weighted by molar-refractivity contribution is 0.0943. The number of fused-ring (bicyclic) bond motifs is 4. The maximum atomic E-state index is 14.1. The van der Waals surface area contributed by atoms with E-state index in [0.29, 0.717) is 22.4 Å². The number of imidazole rings is 1. The first-order valence-electron chi connectivity index (χ1n) is 10.7. The SMILES string of the molecule is N#Cc1cc2nc(-c3cccc4c3-c3ccccc3C4NC(=O)c3ccncc3)[nH]c2cc1F. The molecule has 1 unspecified atom stereocenters. The summed E-state index contributed by atoms with van der Waals surface area (Å²) in [6, 6.07) is 21.4. The Morgan fingerprint density at radius 3 is 2.59 bits per heavy atom. The molecular weight excluding hydrogens is 429 g/mol. The van der Waals surface area contributed by atoms with Crippen LogP contribution in [0.15, 0.2) is 79.1 Å². The van der Waals surface area contributed by atoms with Gasteiger partial charge in [0.1, 0.15) is 17.7 Å². The molecule has 0 saturated heterocycles. The summed E-state index contributed by atoms with van der Waals surface area (Å²) in [6.45, 7) is 0. The van der Waals surface area contributed by atoms with Crippen molar-refractivity contribution in [1.82, 2.24) is 20.3 Å². The van der Waals surface area contributed by atoms with Crippen molar-refractivity contribution in [1.29, 1.82) is 5.26 Å². The van der Waals surface area contributed by atoms with Crippen LogP contribution in [-0.2, 0) is 0 Å². The summed E-state index contributed by atoms with van der Waals surface area (Å²) in [6.07, 6.45) is 3.18. The van der Waals surface area contributed by atoms with Crippen molar-refractivity contribution in [2.75, 3.05) is 0 Å². The zero-order chi connectivity index (χ0) is 23.2. The van der Waals surface area contributed by atoms with Crippen LogP contribution in [0.3, 0.4) is 0 Å². The number of H-pyrrole nitrogens is 1. The number of aromatic nitrogens is 3. The first-order valence-corrected chi connectivity index (χ1v) is 10.7. The number of halogens is 1. The molecule has 34 heavy (non-hydrogen) atoms. The molecule has 5 aromatic rings. The number of nitriles is 1. The Balaban J connectivity index is 1.49. The summed E-state index contributed by atoms with van der Waals surface area (Å²) in [5.74, 6) is -0.214. The molecule has 3 aromatic carbocycles. The van der Waals surface area contributed by atoms with Gasteiger partial charge in [-0.2, -0.15) is 5.26 Å². The number of carbonyl (C=O) groups is 1. The molecule has 0 fully saturated rings. The second-order valence-electron chi connectivity index (χ2n) is 8.05. The molecule has 0 radical (unpaired) electrons. The van der Waals surface area contributed by atoms with Gasteiger partial charge in [0.2, 0.25) is 0 Å². The van der Waals surface area contributed by atoms with Gasteiger partial charge in [0.15, 0.2) is 0 Å². The minimum atomic E-state index is -0.590. The summed E-state index contributed by atoms with van der Waals surface area (Å²) < 4.78 is 14.1. The Morgan fingerprint density at radius 2 is 1.76 bits per heavy atom. The monoisotopic (exact) mass is 445 g/mol.